The first-order valence-corrected chi connectivity index (χ1v) is 9.67. The fourth-order valence-electron chi connectivity index (χ4n) is 4.14. The van der Waals surface area contributed by atoms with E-state index in [4.69, 9.17) is 10.1 Å². The van der Waals surface area contributed by atoms with Gasteiger partial charge in [0, 0.05) is 0 Å². The van der Waals surface area contributed by atoms with E-state index in [0.29, 0.717) is 29.3 Å². The molecule has 3 heterocycles. The van der Waals surface area contributed by atoms with Gasteiger partial charge in [-0.3, -0.25) is 4.79 Å². The Labute approximate surface area is 155 Å². The number of aromatic amines is 2. The lowest BCUT2D eigenvalue weighted by Crippen LogP contribution is -2.15. The van der Waals surface area contributed by atoms with Gasteiger partial charge in [-0.25, -0.2) is 14.6 Å². The van der Waals surface area contributed by atoms with Crippen LogP contribution in [-0.4, -0.2) is 29.7 Å². The van der Waals surface area contributed by atoms with E-state index in [0.717, 1.165) is 41.8 Å². The maximum atomic E-state index is 12.8. The highest BCUT2D eigenvalue weighted by atomic mass is 16.1. The summed E-state index contributed by atoms with van der Waals surface area (Å²) in [5.74, 6) is 1.41. The van der Waals surface area contributed by atoms with E-state index in [-0.39, 0.29) is 5.56 Å². The molecule has 7 heteroatoms. The molecule has 138 valence electrons. The Hall–Kier alpha value is -2.96. The number of para-hydroxylation sites is 2. The number of hydrogen-bond donors (Lipinski definition) is 2. The molecule has 0 saturated heterocycles. The Morgan fingerprint density at radius 2 is 1.89 bits per heavy atom. The SMILES string of the molecule is CCc1nn(C2CCCC2)c2nc(Cc3nc4ccccc4[nH]3)[nH]c(=O)c12. The van der Waals surface area contributed by atoms with Crippen LogP contribution >= 0.6 is 0 Å². The second-order valence-corrected chi connectivity index (χ2v) is 7.27. The minimum absolute atomic E-state index is 0.104. The van der Waals surface area contributed by atoms with Gasteiger partial charge in [0.05, 0.1) is 29.2 Å². The minimum Gasteiger partial charge on any atom is -0.342 e. The summed E-state index contributed by atoms with van der Waals surface area (Å²) in [6.07, 6.45) is 5.81. The topological polar surface area (TPSA) is 92.2 Å². The third-order valence-corrected chi connectivity index (χ3v) is 5.46. The van der Waals surface area contributed by atoms with Gasteiger partial charge in [0.2, 0.25) is 0 Å². The zero-order chi connectivity index (χ0) is 18.4. The molecule has 3 aromatic heterocycles. The molecule has 1 aliphatic carbocycles. The maximum absolute atomic E-state index is 12.8. The van der Waals surface area contributed by atoms with Gasteiger partial charge in [0.1, 0.15) is 17.0 Å². The Morgan fingerprint density at radius 1 is 1.11 bits per heavy atom. The Morgan fingerprint density at radius 3 is 2.67 bits per heavy atom. The molecule has 0 bridgehead atoms. The monoisotopic (exact) mass is 362 g/mol. The highest BCUT2D eigenvalue weighted by Gasteiger charge is 2.24. The summed E-state index contributed by atoms with van der Waals surface area (Å²) < 4.78 is 2.00. The minimum atomic E-state index is -0.104. The Bertz CT molecular complexity index is 1150. The normalized spacial score (nSPS) is 15.3. The third kappa shape index (κ3) is 2.74. The van der Waals surface area contributed by atoms with Gasteiger partial charge < -0.3 is 9.97 Å². The summed E-state index contributed by atoms with van der Waals surface area (Å²) in [7, 11) is 0. The van der Waals surface area contributed by atoms with E-state index in [1.54, 1.807) is 0 Å². The van der Waals surface area contributed by atoms with Crippen LogP contribution in [0.4, 0.5) is 0 Å². The molecule has 0 atom stereocenters. The molecule has 1 aliphatic rings. The molecule has 27 heavy (non-hydrogen) atoms. The predicted molar refractivity (Wildman–Crippen MR) is 104 cm³/mol. The van der Waals surface area contributed by atoms with Gasteiger partial charge in [-0.1, -0.05) is 31.9 Å². The predicted octanol–water partition coefficient (Wildman–Crippen LogP) is 3.26. The molecule has 2 N–H and O–H groups in total. The van der Waals surface area contributed by atoms with Gasteiger partial charge in [0.15, 0.2) is 5.65 Å². The van der Waals surface area contributed by atoms with Gasteiger partial charge in [-0.05, 0) is 31.4 Å². The summed E-state index contributed by atoms with van der Waals surface area (Å²) in [4.78, 5) is 28.4. The molecule has 0 spiro atoms. The number of fused-ring (bicyclic) bond motifs is 2. The van der Waals surface area contributed by atoms with Crippen LogP contribution in [0, 0.1) is 0 Å². The fourth-order valence-corrected chi connectivity index (χ4v) is 4.14. The molecule has 1 fully saturated rings. The molecule has 0 amide bonds. The average Bonchev–Trinajstić information content (AvgIpc) is 3.39. The van der Waals surface area contributed by atoms with E-state index >= 15 is 0 Å². The molecule has 0 radical (unpaired) electrons. The summed E-state index contributed by atoms with van der Waals surface area (Å²) in [6.45, 7) is 2.03. The first-order valence-electron chi connectivity index (χ1n) is 9.67. The van der Waals surface area contributed by atoms with Gasteiger partial charge >= 0.3 is 0 Å². The highest BCUT2D eigenvalue weighted by molar-refractivity contribution is 5.77. The second-order valence-electron chi connectivity index (χ2n) is 7.27. The van der Waals surface area contributed by atoms with Crippen molar-refractivity contribution >= 4 is 22.1 Å². The largest absolute Gasteiger partial charge is 0.342 e. The number of imidazole rings is 1. The molecule has 1 saturated carbocycles. The zero-order valence-corrected chi connectivity index (χ0v) is 15.3. The lowest BCUT2D eigenvalue weighted by Gasteiger charge is -2.10. The molecular weight excluding hydrogens is 340 g/mol. The van der Waals surface area contributed by atoms with Crippen LogP contribution in [0.2, 0.25) is 0 Å². The van der Waals surface area contributed by atoms with Crippen molar-refractivity contribution in [2.75, 3.05) is 0 Å². The molecule has 0 unspecified atom stereocenters. The molecule has 5 rings (SSSR count). The van der Waals surface area contributed by atoms with Crippen molar-refractivity contribution in [3.63, 3.8) is 0 Å². The number of nitrogens with zero attached hydrogens (tertiary/aromatic N) is 4. The van der Waals surface area contributed by atoms with Crippen LogP contribution in [0.25, 0.3) is 22.1 Å². The first-order chi connectivity index (χ1) is 13.2. The lowest BCUT2D eigenvalue weighted by atomic mass is 10.2. The van der Waals surface area contributed by atoms with Crippen molar-refractivity contribution < 1.29 is 0 Å². The van der Waals surface area contributed by atoms with Crippen LogP contribution in [-0.2, 0) is 12.8 Å². The van der Waals surface area contributed by atoms with E-state index in [2.05, 4.69) is 15.0 Å². The molecule has 7 nitrogen and oxygen atoms in total. The molecule has 1 aromatic carbocycles. The van der Waals surface area contributed by atoms with Crippen molar-refractivity contribution in [2.24, 2.45) is 0 Å². The Balaban J connectivity index is 1.60. The van der Waals surface area contributed by atoms with Crippen LogP contribution < -0.4 is 5.56 Å². The standard InChI is InChI=1S/C20H22N6O/c1-2-13-18-19(26(25-13)12-7-3-4-8-12)23-17(24-20(18)27)11-16-21-14-9-5-6-10-15(14)22-16/h5-6,9-10,12H,2-4,7-8,11H2,1H3,(H,21,22)(H,23,24,27). The number of rotatable bonds is 4. The summed E-state index contributed by atoms with van der Waals surface area (Å²) in [5, 5.41) is 5.38. The van der Waals surface area contributed by atoms with Gasteiger partial charge in [-0.2, -0.15) is 5.10 Å². The van der Waals surface area contributed by atoms with Crippen LogP contribution in [0.1, 0.15) is 56.0 Å². The summed E-state index contributed by atoms with van der Waals surface area (Å²) in [5.41, 5.74) is 3.35. The quantitative estimate of drug-likeness (QED) is 0.583. The molecule has 0 aliphatic heterocycles. The van der Waals surface area contributed by atoms with Gasteiger partial charge in [0.25, 0.3) is 5.56 Å². The molecule has 4 aromatic rings. The van der Waals surface area contributed by atoms with Crippen molar-refractivity contribution in [3.8, 4) is 0 Å². The van der Waals surface area contributed by atoms with E-state index in [9.17, 15) is 4.79 Å². The van der Waals surface area contributed by atoms with E-state index in [1.165, 1.54) is 12.8 Å². The average molecular weight is 362 g/mol. The van der Waals surface area contributed by atoms with Crippen molar-refractivity contribution in [1.29, 1.82) is 0 Å². The zero-order valence-electron chi connectivity index (χ0n) is 15.3. The third-order valence-electron chi connectivity index (χ3n) is 5.46. The number of benzene rings is 1. The lowest BCUT2D eigenvalue weighted by molar-refractivity contribution is 0.474. The number of nitrogens with one attached hydrogen (secondary N) is 2. The van der Waals surface area contributed by atoms with Crippen LogP contribution in [0.3, 0.4) is 0 Å². The Kier molecular flexibility index (Phi) is 3.81. The summed E-state index contributed by atoms with van der Waals surface area (Å²) >= 11 is 0. The van der Waals surface area contributed by atoms with E-state index < -0.39 is 0 Å². The van der Waals surface area contributed by atoms with Crippen LogP contribution in [0.15, 0.2) is 29.1 Å². The second kappa shape index (κ2) is 6.33. The number of aryl methyl sites for hydroxylation is 1. The number of H-pyrrole nitrogens is 2. The molecular formula is C20H22N6O. The highest BCUT2D eigenvalue weighted by Crippen LogP contribution is 2.31. The smallest absolute Gasteiger partial charge is 0.262 e. The maximum Gasteiger partial charge on any atom is 0.262 e. The number of hydrogen-bond acceptors (Lipinski definition) is 4. The first kappa shape index (κ1) is 16.2. The fraction of sp³-hybridized carbons (Fsp3) is 0.400. The van der Waals surface area contributed by atoms with Gasteiger partial charge in [-0.15, -0.1) is 0 Å². The van der Waals surface area contributed by atoms with Crippen LogP contribution in [0.5, 0.6) is 0 Å². The van der Waals surface area contributed by atoms with Crippen molar-refractivity contribution in [3.05, 3.63) is 52.0 Å². The van der Waals surface area contributed by atoms with Crippen molar-refractivity contribution in [2.45, 2.75) is 51.5 Å². The number of aromatic nitrogens is 6. The summed E-state index contributed by atoms with van der Waals surface area (Å²) in [6, 6.07) is 8.25. The van der Waals surface area contributed by atoms with Crippen molar-refractivity contribution in [1.82, 2.24) is 29.7 Å². The van der Waals surface area contributed by atoms with E-state index in [1.807, 2.05) is 35.9 Å².